The number of rotatable bonds is 22. The van der Waals surface area contributed by atoms with E-state index in [-0.39, 0.29) is 48.9 Å². The number of carboxylic acid groups (broad SMARTS) is 1. The maximum Gasteiger partial charge on any atom is 0.354 e. The number of nitrogens with one attached hydrogen (secondary N) is 2. The van der Waals surface area contributed by atoms with Crippen molar-refractivity contribution < 1.29 is 29.1 Å². The number of aryl methyl sites for hydroxylation is 1. The number of nitrogens with two attached hydrogens (primary N) is 2. The maximum absolute atomic E-state index is 14.0. The lowest BCUT2D eigenvalue weighted by Crippen LogP contribution is -2.51. The molecule has 11 heteroatoms. The SMILES string of the molecule is CC(C)C[C@@H](CC(=O)[C@@H](Cc1ccccc1)NC(=O)[C@H](N)Cc1ccccc1)C(=O)N[C@H](CCCCN)C(=O)CCc1cccc(C(=O)O)n1. The smallest absolute Gasteiger partial charge is 0.354 e. The lowest BCUT2D eigenvalue weighted by atomic mass is 9.87. The molecule has 11 nitrogen and oxygen atoms in total. The summed E-state index contributed by atoms with van der Waals surface area (Å²) in [5.41, 5.74) is 14.1. The summed E-state index contributed by atoms with van der Waals surface area (Å²) >= 11 is 0. The summed E-state index contributed by atoms with van der Waals surface area (Å²) in [7, 11) is 0. The number of carboxylic acids is 1. The molecule has 0 aliphatic heterocycles. The Bertz CT molecular complexity index is 1550. The quantitative estimate of drug-likeness (QED) is 0.0978. The fourth-order valence-corrected chi connectivity index (χ4v) is 5.83. The zero-order valence-electron chi connectivity index (χ0n) is 29.1. The molecule has 1 heterocycles. The highest BCUT2D eigenvalue weighted by Gasteiger charge is 2.31. The molecule has 7 N–H and O–H groups in total. The van der Waals surface area contributed by atoms with Crippen molar-refractivity contribution in [3.63, 3.8) is 0 Å². The van der Waals surface area contributed by atoms with Gasteiger partial charge in [0.25, 0.3) is 0 Å². The van der Waals surface area contributed by atoms with Crippen LogP contribution >= 0.6 is 0 Å². The molecule has 2 aromatic carbocycles. The Morgan fingerprint density at radius 3 is 1.98 bits per heavy atom. The van der Waals surface area contributed by atoms with Crippen molar-refractivity contribution in [3.05, 3.63) is 101 Å². The summed E-state index contributed by atoms with van der Waals surface area (Å²) in [5.74, 6) is -3.21. The second-order valence-electron chi connectivity index (χ2n) is 13.2. The van der Waals surface area contributed by atoms with Gasteiger partial charge in [-0.05, 0) is 80.7 Å². The molecule has 0 saturated heterocycles. The van der Waals surface area contributed by atoms with Crippen LogP contribution in [0.5, 0.6) is 0 Å². The van der Waals surface area contributed by atoms with E-state index < -0.39 is 41.8 Å². The molecule has 0 radical (unpaired) electrons. The number of carbonyl (C=O) groups is 5. The summed E-state index contributed by atoms with van der Waals surface area (Å²) in [6, 6.07) is 20.7. The fourth-order valence-electron chi connectivity index (χ4n) is 5.83. The maximum atomic E-state index is 14.0. The highest BCUT2D eigenvalue weighted by molar-refractivity contribution is 5.95. The summed E-state index contributed by atoms with van der Waals surface area (Å²) < 4.78 is 0. The van der Waals surface area contributed by atoms with Crippen LogP contribution in [-0.2, 0) is 38.4 Å². The van der Waals surface area contributed by atoms with Crippen LogP contribution in [0.15, 0.2) is 78.9 Å². The van der Waals surface area contributed by atoms with Crippen molar-refractivity contribution >= 4 is 29.4 Å². The van der Waals surface area contributed by atoms with Gasteiger partial charge in [-0.3, -0.25) is 19.2 Å². The Morgan fingerprint density at radius 2 is 1.38 bits per heavy atom. The molecule has 3 aromatic rings. The summed E-state index contributed by atoms with van der Waals surface area (Å²) in [5, 5.41) is 15.1. The molecule has 0 fully saturated rings. The number of aromatic nitrogens is 1. The number of benzene rings is 2. The van der Waals surface area contributed by atoms with Gasteiger partial charge < -0.3 is 27.2 Å². The molecular formula is C39H51N5O6. The topological polar surface area (TPSA) is 195 Å². The number of amides is 2. The van der Waals surface area contributed by atoms with Crippen LogP contribution in [-0.4, -0.2) is 64.1 Å². The summed E-state index contributed by atoms with van der Waals surface area (Å²) in [6.07, 6.45) is 2.72. The van der Waals surface area contributed by atoms with Crippen LogP contribution in [0.25, 0.3) is 0 Å². The number of nitrogens with zero attached hydrogens (tertiary/aromatic N) is 1. The number of hydrogen-bond donors (Lipinski definition) is 5. The molecule has 268 valence electrons. The van der Waals surface area contributed by atoms with Gasteiger partial charge in [-0.15, -0.1) is 0 Å². The average molecular weight is 686 g/mol. The van der Waals surface area contributed by atoms with Gasteiger partial charge in [0, 0.05) is 24.5 Å². The van der Waals surface area contributed by atoms with Crippen molar-refractivity contribution in [2.75, 3.05) is 6.54 Å². The molecule has 0 aliphatic rings. The van der Waals surface area contributed by atoms with Crippen molar-refractivity contribution in [3.8, 4) is 0 Å². The predicted octanol–water partition coefficient (Wildman–Crippen LogP) is 3.81. The third-order valence-corrected chi connectivity index (χ3v) is 8.50. The minimum Gasteiger partial charge on any atom is -0.477 e. The Labute approximate surface area is 294 Å². The second-order valence-corrected chi connectivity index (χ2v) is 13.2. The van der Waals surface area contributed by atoms with E-state index in [0.717, 1.165) is 11.1 Å². The van der Waals surface area contributed by atoms with Crippen LogP contribution in [0.1, 0.15) is 79.7 Å². The van der Waals surface area contributed by atoms with E-state index in [0.29, 0.717) is 44.3 Å². The molecule has 3 rings (SSSR count). The third-order valence-electron chi connectivity index (χ3n) is 8.50. The number of aromatic carboxylic acids is 1. The standard InChI is InChI=1S/C39H51N5O6/c1-26(2)22-29(37(47)43-32(17-9-10-21-40)35(45)20-19-30-16-11-18-33(42-30)39(49)50)25-36(46)34(24-28-14-7-4-8-15-28)44-38(48)31(41)23-27-12-5-3-6-13-27/h3-8,11-16,18,26,29,31-32,34H,9-10,17,19-25,40-41H2,1-2H3,(H,43,47)(H,44,48)(H,49,50)/t29-,31+,32+,34+/m0/s1. The van der Waals surface area contributed by atoms with Crippen molar-refractivity contribution in [1.29, 1.82) is 0 Å². The van der Waals surface area contributed by atoms with Gasteiger partial charge in [-0.2, -0.15) is 0 Å². The first kappa shape index (κ1) is 39.7. The monoisotopic (exact) mass is 685 g/mol. The van der Waals surface area contributed by atoms with Gasteiger partial charge in [-0.1, -0.05) is 80.6 Å². The summed E-state index contributed by atoms with van der Waals surface area (Å²) in [6.45, 7) is 4.35. The van der Waals surface area contributed by atoms with Gasteiger partial charge in [0.2, 0.25) is 11.8 Å². The van der Waals surface area contributed by atoms with Crippen molar-refractivity contribution in [2.24, 2.45) is 23.3 Å². The van der Waals surface area contributed by atoms with Crippen molar-refractivity contribution in [1.82, 2.24) is 15.6 Å². The normalized spacial score (nSPS) is 13.5. The molecule has 4 atom stereocenters. The second kappa shape index (κ2) is 20.7. The zero-order valence-corrected chi connectivity index (χ0v) is 29.1. The van der Waals surface area contributed by atoms with E-state index >= 15 is 0 Å². The Morgan fingerprint density at radius 1 is 0.760 bits per heavy atom. The van der Waals surface area contributed by atoms with Gasteiger partial charge in [0.05, 0.1) is 18.1 Å². The first-order valence-corrected chi connectivity index (χ1v) is 17.4. The van der Waals surface area contributed by atoms with Crippen LogP contribution in [0.3, 0.4) is 0 Å². The number of hydrogen-bond acceptors (Lipinski definition) is 8. The van der Waals surface area contributed by atoms with Gasteiger partial charge in [0.1, 0.15) is 5.69 Å². The Kier molecular flexibility index (Phi) is 16.4. The minimum atomic E-state index is -1.16. The van der Waals surface area contributed by atoms with Gasteiger partial charge in [-0.25, -0.2) is 9.78 Å². The first-order chi connectivity index (χ1) is 24.0. The van der Waals surface area contributed by atoms with E-state index in [1.54, 1.807) is 12.1 Å². The van der Waals surface area contributed by atoms with Crippen LogP contribution in [0.2, 0.25) is 0 Å². The molecule has 1 aromatic heterocycles. The number of ketones is 2. The summed E-state index contributed by atoms with van der Waals surface area (Å²) in [4.78, 5) is 69.9. The van der Waals surface area contributed by atoms with E-state index in [9.17, 15) is 29.1 Å². The van der Waals surface area contributed by atoms with Gasteiger partial charge in [0.15, 0.2) is 11.6 Å². The van der Waals surface area contributed by atoms with E-state index in [1.165, 1.54) is 6.07 Å². The van der Waals surface area contributed by atoms with E-state index in [2.05, 4.69) is 15.6 Å². The lowest BCUT2D eigenvalue weighted by molar-refractivity contribution is -0.134. The number of pyridine rings is 1. The highest BCUT2D eigenvalue weighted by atomic mass is 16.4. The highest BCUT2D eigenvalue weighted by Crippen LogP contribution is 2.20. The van der Waals surface area contributed by atoms with Crippen LogP contribution in [0.4, 0.5) is 0 Å². The molecule has 0 unspecified atom stereocenters. The number of Topliss-reactive ketones (excluding diaryl/α,β-unsaturated/α-hetero) is 2. The largest absolute Gasteiger partial charge is 0.477 e. The Hall–Kier alpha value is -4.74. The molecule has 0 spiro atoms. The molecule has 0 bridgehead atoms. The zero-order chi connectivity index (χ0) is 36.5. The van der Waals surface area contributed by atoms with Gasteiger partial charge >= 0.3 is 5.97 Å². The number of carbonyl (C=O) groups excluding carboxylic acids is 4. The molecule has 2 amide bonds. The van der Waals surface area contributed by atoms with Crippen LogP contribution < -0.4 is 22.1 Å². The molecular weight excluding hydrogens is 634 g/mol. The van der Waals surface area contributed by atoms with Crippen molar-refractivity contribution in [2.45, 2.75) is 89.8 Å². The molecule has 0 aliphatic carbocycles. The van der Waals surface area contributed by atoms with E-state index in [4.69, 9.17) is 11.5 Å². The Balaban J connectivity index is 1.75. The predicted molar refractivity (Wildman–Crippen MR) is 192 cm³/mol. The average Bonchev–Trinajstić information content (AvgIpc) is 3.10. The van der Waals surface area contributed by atoms with Crippen LogP contribution in [0, 0.1) is 11.8 Å². The molecule has 0 saturated carbocycles. The number of unbranched alkanes of at least 4 members (excludes halogenated alkanes) is 1. The first-order valence-electron chi connectivity index (χ1n) is 17.4. The third kappa shape index (κ3) is 13.6. The lowest BCUT2D eigenvalue weighted by Gasteiger charge is -2.25. The molecule has 50 heavy (non-hydrogen) atoms. The fraction of sp³-hybridized carbons (Fsp3) is 0.436. The van der Waals surface area contributed by atoms with E-state index in [1.807, 2.05) is 74.5 Å². The minimum absolute atomic E-state index is 0.0475.